The van der Waals surface area contributed by atoms with Gasteiger partial charge in [0.15, 0.2) is 19.7 Å². The number of carbonyl (C=O) groups is 1. The number of Topliss-reactive ketones (excluding diaryl/α,β-unsaturated/α-hetero) is 1. The molecule has 4 aromatic carbocycles. The molecule has 196 valence electrons. The first-order valence-electron chi connectivity index (χ1n) is 12.2. The Morgan fingerprint density at radius 1 is 0.500 bits per heavy atom. The highest BCUT2D eigenvalue weighted by Gasteiger charge is 2.48. The van der Waals surface area contributed by atoms with Gasteiger partial charge in [0.25, 0.3) is 0 Å². The van der Waals surface area contributed by atoms with E-state index in [-0.39, 0.29) is 22.6 Å². The molecule has 5 nitrogen and oxygen atoms in total. The Morgan fingerprint density at radius 2 is 0.763 bits per heavy atom. The lowest BCUT2D eigenvalue weighted by Gasteiger charge is -2.33. The number of carbonyl (C=O) groups excluding carboxylic acids is 1. The molecule has 2 atom stereocenters. The maximum Gasteiger partial charge on any atom is 0.188 e. The number of hydrogen-bond donors (Lipinski definition) is 0. The third kappa shape index (κ3) is 4.96. The standard InChI is InChI=1S/C31H30O5S2/c1-30(25-15-7-3-8-16-25,37(33,34)28-19-11-5-12-20-28)23-27(32)24-31(2,26-17-9-4-10-18-26)38(35,36)29-21-13-6-14-22-29/h3-22H,23-24H2,1-2H3. The average molecular weight is 547 g/mol. The highest BCUT2D eigenvalue weighted by molar-refractivity contribution is 7.92. The Bertz CT molecular complexity index is 1480. The van der Waals surface area contributed by atoms with E-state index >= 15 is 0 Å². The van der Waals surface area contributed by atoms with E-state index in [1.807, 2.05) is 0 Å². The number of benzene rings is 4. The maximum atomic E-state index is 14.0. The minimum atomic E-state index is -4.03. The number of hydrogen-bond acceptors (Lipinski definition) is 5. The van der Waals surface area contributed by atoms with Gasteiger partial charge in [0.05, 0.1) is 9.79 Å². The van der Waals surface area contributed by atoms with Gasteiger partial charge in [-0.05, 0) is 49.2 Å². The first kappa shape index (κ1) is 27.5. The molecule has 0 N–H and O–H groups in total. The fourth-order valence-corrected chi connectivity index (χ4v) is 8.49. The van der Waals surface area contributed by atoms with E-state index in [1.165, 1.54) is 38.1 Å². The molecule has 4 aromatic rings. The average Bonchev–Trinajstić information content (AvgIpc) is 2.94. The second-order valence-corrected chi connectivity index (χ2v) is 14.5. The van der Waals surface area contributed by atoms with Crippen LogP contribution >= 0.6 is 0 Å². The van der Waals surface area contributed by atoms with E-state index in [9.17, 15) is 21.6 Å². The van der Waals surface area contributed by atoms with Crippen LogP contribution in [0.5, 0.6) is 0 Å². The lowest BCUT2D eigenvalue weighted by Crippen LogP contribution is -2.39. The summed E-state index contributed by atoms with van der Waals surface area (Å²) in [4.78, 5) is 14.0. The van der Waals surface area contributed by atoms with Crippen molar-refractivity contribution in [1.82, 2.24) is 0 Å². The molecular formula is C31H30O5S2. The molecule has 0 fully saturated rings. The second kappa shape index (κ2) is 10.7. The third-order valence-electron chi connectivity index (χ3n) is 7.13. The van der Waals surface area contributed by atoms with Crippen molar-refractivity contribution in [2.45, 2.75) is 46.0 Å². The first-order chi connectivity index (χ1) is 18.0. The summed E-state index contributed by atoms with van der Waals surface area (Å²) in [5, 5.41) is 0. The normalized spacial score (nSPS) is 15.2. The van der Waals surface area contributed by atoms with Crippen LogP contribution < -0.4 is 0 Å². The fourth-order valence-electron chi connectivity index (χ4n) is 4.82. The number of ketones is 1. The van der Waals surface area contributed by atoms with Gasteiger partial charge in [0.2, 0.25) is 0 Å². The van der Waals surface area contributed by atoms with Gasteiger partial charge in [-0.25, -0.2) is 16.8 Å². The van der Waals surface area contributed by atoms with Crippen LogP contribution in [0, 0.1) is 0 Å². The van der Waals surface area contributed by atoms with Crippen molar-refractivity contribution in [2.75, 3.05) is 0 Å². The van der Waals surface area contributed by atoms with Gasteiger partial charge in [-0.2, -0.15) is 0 Å². The van der Waals surface area contributed by atoms with Crippen molar-refractivity contribution < 1.29 is 21.6 Å². The SMILES string of the molecule is CC(CC(=O)CC(C)(c1ccccc1)S(=O)(=O)c1ccccc1)(c1ccccc1)S(=O)(=O)c1ccccc1. The summed E-state index contributed by atoms with van der Waals surface area (Å²) in [6.07, 6.45) is -0.776. The molecule has 0 amide bonds. The molecule has 0 radical (unpaired) electrons. The van der Waals surface area contributed by atoms with Crippen LogP contribution in [0.25, 0.3) is 0 Å². The quantitative estimate of drug-likeness (QED) is 0.239. The molecule has 0 spiro atoms. The Hall–Kier alpha value is -3.55. The van der Waals surface area contributed by atoms with Crippen molar-refractivity contribution in [3.05, 3.63) is 132 Å². The highest BCUT2D eigenvalue weighted by Crippen LogP contribution is 2.43. The molecule has 4 rings (SSSR count). The molecule has 0 heterocycles. The van der Waals surface area contributed by atoms with Crippen LogP contribution in [-0.4, -0.2) is 22.6 Å². The summed E-state index contributed by atoms with van der Waals surface area (Å²) in [7, 11) is -8.05. The van der Waals surface area contributed by atoms with Crippen LogP contribution in [0.1, 0.15) is 37.8 Å². The molecule has 38 heavy (non-hydrogen) atoms. The van der Waals surface area contributed by atoms with Gasteiger partial charge < -0.3 is 0 Å². The molecule has 0 aliphatic carbocycles. The molecule has 0 aliphatic rings. The van der Waals surface area contributed by atoms with Gasteiger partial charge in [0, 0.05) is 12.8 Å². The zero-order valence-electron chi connectivity index (χ0n) is 21.3. The van der Waals surface area contributed by atoms with E-state index in [1.54, 1.807) is 97.1 Å². The van der Waals surface area contributed by atoms with Gasteiger partial charge >= 0.3 is 0 Å². The number of sulfone groups is 2. The van der Waals surface area contributed by atoms with Crippen LogP contribution in [0.4, 0.5) is 0 Å². The zero-order chi connectivity index (χ0) is 27.4. The summed E-state index contributed by atoms with van der Waals surface area (Å²) in [5.41, 5.74) is 0.925. The van der Waals surface area contributed by atoms with Crippen LogP contribution in [0.15, 0.2) is 131 Å². The van der Waals surface area contributed by atoms with Crippen LogP contribution in [0.3, 0.4) is 0 Å². The van der Waals surface area contributed by atoms with E-state index in [0.717, 1.165) is 0 Å². The Labute approximate surface area is 225 Å². The molecule has 0 bridgehead atoms. The van der Waals surface area contributed by atoms with Gasteiger partial charge in [0.1, 0.15) is 15.3 Å². The third-order valence-corrected chi connectivity index (χ3v) is 12.0. The largest absolute Gasteiger partial charge is 0.300 e. The fraction of sp³-hybridized carbons (Fsp3) is 0.194. The monoisotopic (exact) mass is 546 g/mol. The van der Waals surface area contributed by atoms with Crippen LogP contribution in [-0.2, 0) is 34.0 Å². The highest BCUT2D eigenvalue weighted by atomic mass is 32.2. The minimum Gasteiger partial charge on any atom is -0.300 e. The predicted molar refractivity (Wildman–Crippen MR) is 149 cm³/mol. The topological polar surface area (TPSA) is 85.3 Å². The summed E-state index contributed by atoms with van der Waals surface area (Å²) in [6.45, 7) is 3.07. The lowest BCUT2D eigenvalue weighted by molar-refractivity contribution is -0.120. The molecule has 2 unspecified atom stereocenters. The van der Waals surface area contributed by atoms with Crippen molar-refractivity contribution in [2.24, 2.45) is 0 Å². The molecule has 0 aliphatic heterocycles. The van der Waals surface area contributed by atoms with Crippen molar-refractivity contribution >= 4 is 25.5 Å². The van der Waals surface area contributed by atoms with Gasteiger partial charge in [-0.3, -0.25) is 4.79 Å². The molecule has 7 heteroatoms. The lowest BCUT2D eigenvalue weighted by atomic mass is 9.88. The van der Waals surface area contributed by atoms with E-state index in [2.05, 4.69) is 0 Å². The minimum absolute atomic E-state index is 0.0990. The molecule has 0 aromatic heterocycles. The van der Waals surface area contributed by atoms with E-state index in [4.69, 9.17) is 0 Å². The van der Waals surface area contributed by atoms with E-state index in [0.29, 0.717) is 11.1 Å². The Kier molecular flexibility index (Phi) is 7.72. The van der Waals surface area contributed by atoms with Crippen molar-refractivity contribution in [1.29, 1.82) is 0 Å². The summed E-state index contributed by atoms with van der Waals surface area (Å²) in [5.74, 6) is -0.471. The summed E-state index contributed by atoms with van der Waals surface area (Å²) in [6, 6.07) is 33.3. The molecular weight excluding hydrogens is 516 g/mol. The molecule has 0 saturated heterocycles. The van der Waals surface area contributed by atoms with Crippen molar-refractivity contribution in [3.63, 3.8) is 0 Å². The Balaban J connectivity index is 1.80. The smallest absolute Gasteiger partial charge is 0.188 e. The number of rotatable bonds is 10. The summed E-state index contributed by atoms with van der Waals surface area (Å²) >= 11 is 0. The molecule has 0 saturated carbocycles. The maximum absolute atomic E-state index is 14.0. The van der Waals surface area contributed by atoms with Gasteiger partial charge in [-0.15, -0.1) is 0 Å². The van der Waals surface area contributed by atoms with E-state index < -0.39 is 35.0 Å². The van der Waals surface area contributed by atoms with Crippen molar-refractivity contribution in [3.8, 4) is 0 Å². The zero-order valence-corrected chi connectivity index (χ0v) is 23.0. The summed E-state index contributed by atoms with van der Waals surface area (Å²) < 4.78 is 52.7. The van der Waals surface area contributed by atoms with Crippen LogP contribution in [0.2, 0.25) is 0 Å². The van der Waals surface area contributed by atoms with Gasteiger partial charge in [-0.1, -0.05) is 97.1 Å². The predicted octanol–water partition coefficient (Wildman–Crippen LogP) is 6.11. The first-order valence-corrected chi connectivity index (χ1v) is 15.2. The Morgan fingerprint density at radius 3 is 1.05 bits per heavy atom. The second-order valence-electron chi connectivity index (χ2n) is 9.72.